The van der Waals surface area contributed by atoms with Gasteiger partial charge in [-0.2, -0.15) is 0 Å². The molecule has 1 heterocycles. The molecule has 2 N–H and O–H groups in total. The van der Waals surface area contributed by atoms with Gasteiger partial charge in [-0.3, -0.25) is 9.52 Å². The van der Waals surface area contributed by atoms with E-state index in [0.29, 0.717) is 16.7 Å². The summed E-state index contributed by atoms with van der Waals surface area (Å²) in [5.74, 6) is -0.438. The standard InChI is InChI=1S/C19H16BrClN2O3S2/c1-12-4-6-16(20)18(9-12)23-28(25,26)14-5-7-17(21)15(10-14)19(24)22-11-13-3-2-8-27-13/h2-10,23H,11H2,1H3,(H,22,24). The van der Waals surface area contributed by atoms with E-state index in [1.54, 1.807) is 12.1 Å². The van der Waals surface area contributed by atoms with E-state index in [2.05, 4.69) is 26.0 Å². The second kappa shape index (κ2) is 8.65. The first-order chi connectivity index (χ1) is 13.3. The van der Waals surface area contributed by atoms with Crippen LogP contribution in [0.15, 0.2) is 63.3 Å². The molecule has 0 aliphatic carbocycles. The first-order valence-electron chi connectivity index (χ1n) is 8.15. The zero-order valence-electron chi connectivity index (χ0n) is 14.7. The van der Waals surface area contributed by atoms with Crippen molar-refractivity contribution in [2.45, 2.75) is 18.4 Å². The second-order valence-electron chi connectivity index (χ2n) is 5.99. The predicted octanol–water partition coefficient (Wildman–Crippen LogP) is 5.20. The number of anilines is 1. The number of rotatable bonds is 6. The normalized spacial score (nSPS) is 11.2. The Labute approximate surface area is 180 Å². The highest BCUT2D eigenvalue weighted by Gasteiger charge is 2.20. The Kier molecular flexibility index (Phi) is 6.44. The quantitative estimate of drug-likeness (QED) is 0.489. The minimum atomic E-state index is -3.90. The molecule has 0 bridgehead atoms. The van der Waals surface area contributed by atoms with Gasteiger partial charge in [-0.15, -0.1) is 11.3 Å². The third-order valence-electron chi connectivity index (χ3n) is 3.86. The molecule has 0 atom stereocenters. The number of aryl methyl sites for hydroxylation is 1. The zero-order valence-corrected chi connectivity index (χ0v) is 18.7. The van der Waals surface area contributed by atoms with Crippen LogP contribution in [0.2, 0.25) is 5.02 Å². The summed E-state index contributed by atoms with van der Waals surface area (Å²) in [6.45, 7) is 2.21. The zero-order chi connectivity index (χ0) is 20.3. The molecule has 0 saturated heterocycles. The molecule has 9 heteroatoms. The lowest BCUT2D eigenvalue weighted by Crippen LogP contribution is -2.23. The van der Waals surface area contributed by atoms with E-state index >= 15 is 0 Å². The van der Waals surface area contributed by atoms with Crippen LogP contribution in [0.1, 0.15) is 20.8 Å². The number of nitrogens with one attached hydrogen (secondary N) is 2. The fourth-order valence-electron chi connectivity index (χ4n) is 2.44. The molecule has 3 rings (SSSR count). The van der Waals surface area contributed by atoms with Gasteiger partial charge in [0.2, 0.25) is 0 Å². The number of thiophene rings is 1. The van der Waals surface area contributed by atoms with Crippen LogP contribution in [0.25, 0.3) is 0 Å². The summed E-state index contributed by atoms with van der Waals surface area (Å²) in [6.07, 6.45) is 0. The Morgan fingerprint density at radius 1 is 1.18 bits per heavy atom. The number of carbonyl (C=O) groups is 1. The van der Waals surface area contributed by atoms with Gasteiger partial charge in [-0.25, -0.2) is 8.42 Å². The first-order valence-corrected chi connectivity index (χ1v) is 11.7. The number of halogens is 2. The van der Waals surface area contributed by atoms with Gasteiger partial charge in [0.15, 0.2) is 0 Å². The molecular formula is C19H16BrClN2O3S2. The fourth-order valence-corrected chi connectivity index (χ4v) is 4.86. The molecule has 1 amide bonds. The average molecular weight is 500 g/mol. The van der Waals surface area contributed by atoms with Crippen LogP contribution < -0.4 is 10.0 Å². The van der Waals surface area contributed by atoms with Crippen LogP contribution in [0, 0.1) is 6.92 Å². The maximum Gasteiger partial charge on any atom is 0.261 e. The van der Waals surface area contributed by atoms with Crippen molar-refractivity contribution < 1.29 is 13.2 Å². The number of sulfonamides is 1. The summed E-state index contributed by atoms with van der Waals surface area (Å²) in [6, 6.07) is 13.2. The van der Waals surface area contributed by atoms with E-state index < -0.39 is 15.9 Å². The van der Waals surface area contributed by atoms with Crippen molar-refractivity contribution in [3.05, 3.63) is 79.4 Å². The van der Waals surface area contributed by atoms with Gasteiger partial charge in [0.05, 0.1) is 27.7 Å². The highest BCUT2D eigenvalue weighted by Crippen LogP contribution is 2.27. The first kappa shape index (κ1) is 20.9. The second-order valence-corrected chi connectivity index (χ2v) is 9.97. The molecule has 1 aromatic heterocycles. The maximum atomic E-state index is 12.8. The topological polar surface area (TPSA) is 75.3 Å². The molecule has 0 unspecified atom stereocenters. The van der Waals surface area contributed by atoms with Crippen molar-refractivity contribution in [3.8, 4) is 0 Å². The molecule has 146 valence electrons. The van der Waals surface area contributed by atoms with Crippen LogP contribution in [-0.4, -0.2) is 14.3 Å². The third-order valence-corrected chi connectivity index (χ3v) is 7.12. The third kappa shape index (κ3) is 4.94. The molecule has 0 spiro atoms. The van der Waals surface area contributed by atoms with Crippen molar-refractivity contribution >= 4 is 60.5 Å². The Bertz CT molecular complexity index is 1120. The van der Waals surface area contributed by atoms with Gasteiger partial charge in [0, 0.05) is 9.35 Å². The molecule has 2 aromatic carbocycles. The lowest BCUT2D eigenvalue weighted by molar-refractivity contribution is 0.0951. The number of benzene rings is 2. The van der Waals surface area contributed by atoms with Gasteiger partial charge in [0.25, 0.3) is 15.9 Å². The van der Waals surface area contributed by atoms with Gasteiger partial charge in [-0.05, 0) is 70.2 Å². The number of hydrogen-bond acceptors (Lipinski definition) is 4. The molecule has 0 saturated carbocycles. The van der Waals surface area contributed by atoms with E-state index in [9.17, 15) is 13.2 Å². The monoisotopic (exact) mass is 498 g/mol. The Hall–Kier alpha value is -1.87. The summed E-state index contributed by atoms with van der Waals surface area (Å²) in [4.78, 5) is 13.4. The predicted molar refractivity (Wildman–Crippen MR) is 117 cm³/mol. The molecule has 5 nitrogen and oxygen atoms in total. The molecular weight excluding hydrogens is 484 g/mol. The van der Waals surface area contributed by atoms with Crippen LogP contribution in [-0.2, 0) is 16.6 Å². The van der Waals surface area contributed by atoms with Crippen molar-refractivity contribution in [3.63, 3.8) is 0 Å². The van der Waals surface area contributed by atoms with Crippen LogP contribution in [0.4, 0.5) is 5.69 Å². The molecule has 0 aliphatic heterocycles. The lowest BCUT2D eigenvalue weighted by atomic mass is 10.2. The highest BCUT2D eigenvalue weighted by molar-refractivity contribution is 9.10. The number of amides is 1. The van der Waals surface area contributed by atoms with E-state index in [4.69, 9.17) is 11.6 Å². The molecule has 0 fully saturated rings. The van der Waals surface area contributed by atoms with Crippen molar-refractivity contribution in [1.82, 2.24) is 5.32 Å². The molecule has 28 heavy (non-hydrogen) atoms. The Morgan fingerprint density at radius 2 is 1.96 bits per heavy atom. The van der Waals surface area contributed by atoms with E-state index in [1.165, 1.54) is 29.5 Å². The largest absolute Gasteiger partial charge is 0.347 e. The van der Waals surface area contributed by atoms with E-state index in [1.807, 2.05) is 30.5 Å². The Balaban J connectivity index is 1.84. The van der Waals surface area contributed by atoms with Crippen molar-refractivity contribution in [1.29, 1.82) is 0 Å². The summed E-state index contributed by atoms with van der Waals surface area (Å²) in [5, 5.41) is 4.84. The van der Waals surface area contributed by atoms with Crippen LogP contribution in [0.3, 0.4) is 0 Å². The summed E-state index contributed by atoms with van der Waals surface area (Å²) in [7, 11) is -3.90. The summed E-state index contributed by atoms with van der Waals surface area (Å²) >= 11 is 11.0. The maximum absolute atomic E-state index is 12.8. The number of hydrogen-bond donors (Lipinski definition) is 2. The van der Waals surface area contributed by atoms with E-state index in [-0.39, 0.29) is 15.5 Å². The van der Waals surface area contributed by atoms with Gasteiger partial charge in [0.1, 0.15) is 0 Å². The van der Waals surface area contributed by atoms with Crippen LogP contribution >= 0.6 is 38.9 Å². The van der Waals surface area contributed by atoms with Crippen molar-refractivity contribution in [2.75, 3.05) is 4.72 Å². The molecule has 0 radical (unpaired) electrons. The summed E-state index contributed by atoms with van der Waals surface area (Å²) in [5.41, 5.74) is 1.42. The minimum Gasteiger partial charge on any atom is -0.347 e. The van der Waals surface area contributed by atoms with Gasteiger partial charge < -0.3 is 5.32 Å². The molecule has 3 aromatic rings. The van der Waals surface area contributed by atoms with E-state index in [0.717, 1.165) is 10.4 Å². The SMILES string of the molecule is Cc1ccc(Br)c(NS(=O)(=O)c2ccc(Cl)c(C(=O)NCc3cccs3)c2)c1. The van der Waals surface area contributed by atoms with Gasteiger partial charge in [-0.1, -0.05) is 23.7 Å². The summed E-state index contributed by atoms with van der Waals surface area (Å²) < 4.78 is 28.7. The average Bonchev–Trinajstić information content (AvgIpc) is 3.16. The van der Waals surface area contributed by atoms with Gasteiger partial charge >= 0.3 is 0 Å². The minimum absolute atomic E-state index is 0.0495. The van der Waals surface area contributed by atoms with Crippen LogP contribution in [0.5, 0.6) is 0 Å². The fraction of sp³-hybridized carbons (Fsp3) is 0.105. The lowest BCUT2D eigenvalue weighted by Gasteiger charge is -2.12. The van der Waals surface area contributed by atoms with Crippen molar-refractivity contribution in [2.24, 2.45) is 0 Å². The smallest absolute Gasteiger partial charge is 0.261 e. The number of carbonyl (C=O) groups excluding carboxylic acids is 1. The Morgan fingerprint density at radius 3 is 2.68 bits per heavy atom. The highest BCUT2D eigenvalue weighted by atomic mass is 79.9. The molecule has 0 aliphatic rings.